The van der Waals surface area contributed by atoms with Crippen LogP contribution in [0.3, 0.4) is 0 Å². The lowest BCUT2D eigenvalue weighted by Crippen LogP contribution is -2.55. The molecule has 0 heterocycles. The third-order valence-corrected chi connectivity index (χ3v) is 6.32. The van der Waals surface area contributed by atoms with Gasteiger partial charge in [-0.1, -0.05) is 76.2 Å². The zero-order valence-corrected chi connectivity index (χ0v) is 15.7. The molecule has 0 aromatic heterocycles. The second-order valence-electron chi connectivity index (χ2n) is 7.67. The monoisotopic (exact) mass is 380 g/mol. The predicted molar refractivity (Wildman–Crippen MR) is 95.3 cm³/mol. The van der Waals surface area contributed by atoms with Crippen molar-refractivity contribution in [1.82, 2.24) is 0 Å². The van der Waals surface area contributed by atoms with Crippen LogP contribution >= 0.6 is 11.6 Å². The summed E-state index contributed by atoms with van der Waals surface area (Å²) in [6, 6.07) is 0. The zero-order chi connectivity index (χ0) is 18.6. The van der Waals surface area contributed by atoms with Crippen LogP contribution in [0.2, 0.25) is 0 Å². The molecule has 1 saturated carbocycles. The van der Waals surface area contributed by atoms with E-state index in [1.807, 2.05) is 0 Å². The average molecular weight is 381 g/mol. The maximum atomic E-state index is 14.7. The van der Waals surface area contributed by atoms with Crippen LogP contribution in [0, 0.1) is 17.3 Å². The van der Waals surface area contributed by atoms with E-state index in [0.717, 1.165) is 19.3 Å². The second kappa shape index (κ2) is 8.45. The summed E-state index contributed by atoms with van der Waals surface area (Å²) in [6.45, 7) is 2.17. The number of hydrogen-bond acceptors (Lipinski definition) is 0. The van der Waals surface area contributed by atoms with E-state index < -0.39 is 22.6 Å². The number of allylic oxidation sites excluding steroid dienone is 4. The van der Waals surface area contributed by atoms with Gasteiger partial charge in [-0.3, -0.25) is 0 Å². The number of rotatable bonds is 8. The van der Waals surface area contributed by atoms with Gasteiger partial charge in [-0.05, 0) is 42.7 Å². The smallest absolute Gasteiger partial charge is 0.197 e. The molecule has 0 radical (unpaired) electrons. The first kappa shape index (κ1) is 20.8. The van der Waals surface area contributed by atoms with Gasteiger partial charge in [0.05, 0.1) is 5.41 Å². The molecule has 0 amide bonds. The Kier molecular flexibility index (Phi) is 7.03. The highest BCUT2D eigenvalue weighted by atomic mass is 35.5. The highest BCUT2D eigenvalue weighted by Crippen LogP contribution is 2.59. The van der Waals surface area contributed by atoms with Crippen molar-refractivity contribution >= 4 is 11.6 Å². The summed E-state index contributed by atoms with van der Waals surface area (Å²) in [5, 5.41) is -4.54. The van der Waals surface area contributed by atoms with Crippen molar-refractivity contribution in [1.29, 1.82) is 0 Å². The molecule has 0 nitrogen and oxygen atoms in total. The standard InChI is InChI=1S/C20H29ClF4/c1-2-3-4-6-9-16-10-12-17(13-11-16)18(14-7-5-8-15-18)19(22,23)20(21,24)25/h5,7-8,14,16-17H,2-4,6,9-13,15H2,1H3. The van der Waals surface area contributed by atoms with Crippen LogP contribution in [0.5, 0.6) is 0 Å². The van der Waals surface area contributed by atoms with Crippen LogP contribution in [0.15, 0.2) is 24.3 Å². The zero-order valence-electron chi connectivity index (χ0n) is 14.9. The van der Waals surface area contributed by atoms with E-state index in [1.54, 1.807) is 12.2 Å². The van der Waals surface area contributed by atoms with Gasteiger partial charge in [0.15, 0.2) is 0 Å². The van der Waals surface area contributed by atoms with Gasteiger partial charge in [0.2, 0.25) is 0 Å². The highest BCUT2D eigenvalue weighted by Gasteiger charge is 2.68. The molecule has 1 unspecified atom stereocenters. The van der Waals surface area contributed by atoms with Gasteiger partial charge in [-0.15, -0.1) is 0 Å². The first-order valence-electron chi connectivity index (χ1n) is 9.53. The maximum Gasteiger partial charge on any atom is 0.385 e. The molecule has 2 aliphatic carbocycles. The summed E-state index contributed by atoms with van der Waals surface area (Å²) < 4.78 is 56.5. The van der Waals surface area contributed by atoms with Crippen molar-refractivity contribution in [3.05, 3.63) is 24.3 Å². The van der Waals surface area contributed by atoms with E-state index >= 15 is 0 Å². The van der Waals surface area contributed by atoms with Crippen LogP contribution < -0.4 is 0 Å². The van der Waals surface area contributed by atoms with Gasteiger partial charge < -0.3 is 0 Å². The highest BCUT2D eigenvalue weighted by molar-refractivity contribution is 6.22. The Morgan fingerprint density at radius 1 is 1.00 bits per heavy atom. The van der Waals surface area contributed by atoms with Crippen molar-refractivity contribution in [2.24, 2.45) is 17.3 Å². The van der Waals surface area contributed by atoms with Gasteiger partial charge in [0.25, 0.3) is 0 Å². The van der Waals surface area contributed by atoms with Crippen molar-refractivity contribution in [3.63, 3.8) is 0 Å². The van der Waals surface area contributed by atoms with Gasteiger partial charge in [0.1, 0.15) is 0 Å². The first-order chi connectivity index (χ1) is 11.7. The van der Waals surface area contributed by atoms with E-state index in [4.69, 9.17) is 11.6 Å². The molecule has 0 bridgehead atoms. The van der Waals surface area contributed by atoms with E-state index in [0.29, 0.717) is 18.8 Å². The topological polar surface area (TPSA) is 0 Å². The molecular weight excluding hydrogens is 352 g/mol. The van der Waals surface area contributed by atoms with E-state index in [9.17, 15) is 17.6 Å². The lowest BCUT2D eigenvalue weighted by atomic mass is 9.60. The summed E-state index contributed by atoms with van der Waals surface area (Å²) in [5.74, 6) is -4.18. The molecule has 5 heteroatoms. The molecule has 2 rings (SSSR count). The maximum absolute atomic E-state index is 14.7. The minimum Gasteiger partial charge on any atom is -0.197 e. The van der Waals surface area contributed by atoms with Crippen LogP contribution in [0.25, 0.3) is 0 Å². The molecule has 25 heavy (non-hydrogen) atoms. The van der Waals surface area contributed by atoms with Crippen molar-refractivity contribution in [2.75, 3.05) is 0 Å². The number of halogens is 5. The van der Waals surface area contributed by atoms with Crippen molar-refractivity contribution in [3.8, 4) is 0 Å². The molecule has 144 valence electrons. The van der Waals surface area contributed by atoms with Crippen LogP contribution in [0.1, 0.15) is 71.1 Å². The van der Waals surface area contributed by atoms with Gasteiger partial charge in [-0.25, -0.2) is 0 Å². The number of unbranched alkanes of at least 4 members (excludes halogenated alkanes) is 3. The molecule has 0 aliphatic heterocycles. The molecule has 0 aromatic rings. The van der Waals surface area contributed by atoms with Gasteiger partial charge in [-0.2, -0.15) is 17.6 Å². The third kappa shape index (κ3) is 4.43. The summed E-state index contributed by atoms with van der Waals surface area (Å²) in [5.41, 5.74) is -1.87. The molecule has 2 aliphatic rings. The SMILES string of the molecule is CCCCCCC1CCC(C2(C(F)(F)C(F)(F)Cl)C=CC=CC2)CC1. The van der Waals surface area contributed by atoms with Crippen molar-refractivity contribution in [2.45, 2.75) is 82.4 Å². The second-order valence-corrected chi connectivity index (χ2v) is 8.15. The summed E-state index contributed by atoms with van der Waals surface area (Å²) in [7, 11) is 0. The fourth-order valence-corrected chi connectivity index (χ4v) is 4.69. The minimum absolute atomic E-state index is 0.0787. The quantitative estimate of drug-likeness (QED) is 0.229. The van der Waals surface area contributed by atoms with Gasteiger partial charge >= 0.3 is 11.3 Å². The fraction of sp³-hybridized carbons (Fsp3) is 0.800. The predicted octanol–water partition coefficient (Wildman–Crippen LogP) is 7.73. The average Bonchev–Trinajstić information content (AvgIpc) is 2.59. The summed E-state index contributed by atoms with van der Waals surface area (Å²) >= 11 is 4.85. The summed E-state index contributed by atoms with van der Waals surface area (Å²) in [6.07, 6.45) is 14.6. The van der Waals surface area contributed by atoms with Crippen molar-refractivity contribution < 1.29 is 17.6 Å². The van der Waals surface area contributed by atoms with Gasteiger partial charge in [0, 0.05) is 0 Å². The Hall–Kier alpha value is -0.510. The largest absolute Gasteiger partial charge is 0.385 e. The molecule has 1 atom stereocenters. The van der Waals surface area contributed by atoms with E-state index in [1.165, 1.54) is 37.8 Å². The van der Waals surface area contributed by atoms with Crippen LogP contribution in [-0.4, -0.2) is 11.3 Å². The molecular formula is C20H29ClF4. The van der Waals surface area contributed by atoms with E-state index in [-0.39, 0.29) is 6.42 Å². The molecule has 0 aromatic carbocycles. The summed E-state index contributed by atoms with van der Waals surface area (Å²) in [4.78, 5) is 0. The molecule has 0 spiro atoms. The Balaban J connectivity index is 2.04. The third-order valence-electron chi connectivity index (χ3n) is 6.08. The fourth-order valence-electron chi connectivity index (χ4n) is 4.52. The molecule has 0 saturated heterocycles. The normalized spacial score (nSPS) is 30.6. The Bertz CT molecular complexity index is 473. The number of alkyl halides is 5. The lowest BCUT2D eigenvalue weighted by molar-refractivity contribution is -0.232. The van der Waals surface area contributed by atoms with E-state index in [2.05, 4.69) is 6.92 Å². The number of hydrogen-bond donors (Lipinski definition) is 0. The minimum atomic E-state index is -4.54. The Labute approximate surface area is 153 Å². The molecule has 0 N–H and O–H groups in total. The first-order valence-corrected chi connectivity index (χ1v) is 9.91. The van der Waals surface area contributed by atoms with Crippen LogP contribution in [0.4, 0.5) is 17.6 Å². The molecule has 1 fully saturated rings. The Morgan fingerprint density at radius 2 is 1.68 bits per heavy atom. The lowest BCUT2D eigenvalue weighted by Gasteiger charge is -2.48. The van der Waals surface area contributed by atoms with Crippen LogP contribution in [-0.2, 0) is 0 Å². The Morgan fingerprint density at radius 3 is 2.20 bits per heavy atom.